The molecule has 4 heterocycles. The van der Waals surface area contributed by atoms with Gasteiger partial charge in [0, 0.05) is 73.5 Å². The Morgan fingerprint density at radius 2 is 2.05 bits per heavy atom. The van der Waals surface area contributed by atoms with Gasteiger partial charge in [-0.05, 0) is 54.9 Å². The number of ether oxygens (including phenoxy) is 1. The summed E-state index contributed by atoms with van der Waals surface area (Å²) in [5, 5.41) is 7.64. The van der Waals surface area contributed by atoms with E-state index >= 15 is 0 Å². The fraction of sp³-hybridized carbons (Fsp3) is 0.394. The minimum absolute atomic E-state index is 0.123. The number of pyridine rings is 2. The Kier molecular flexibility index (Phi) is 8.45. The summed E-state index contributed by atoms with van der Waals surface area (Å²) < 4.78 is 9.33. The summed E-state index contributed by atoms with van der Waals surface area (Å²) in [6.45, 7) is 13.4. The lowest BCUT2D eigenvalue weighted by molar-refractivity contribution is 0.0993. The molecule has 0 unspecified atom stereocenters. The van der Waals surface area contributed by atoms with E-state index in [0.29, 0.717) is 28.8 Å². The van der Waals surface area contributed by atoms with Gasteiger partial charge in [-0.2, -0.15) is 5.10 Å². The summed E-state index contributed by atoms with van der Waals surface area (Å²) in [6.07, 6.45) is 8.05. The number of nitrogens with one attached hydrogen (secondary N) is 1. The van der Waals surface area contributed by atoms with Crippen LogP contribution in [0.3, 0.4) is 0 Å². The standard InChI is InChI=1S/C33H40N6O3S/c1-9-13-42-19-25-23(21-15-26(31(40)37(6)18-21)35-28-14-20(3)39(8)36-28)11-12-34-30(25)38(7)32(41)29-22(10-2)24-16-33(4,5)17-27(24)43-29/h10-12,14-15,18H,2,9,13,16-17,19H2,1,3-8H3,(H,35,36). The minimum Gasteiger partial charge on any atom is -0.377 e. The highest BCUT2D eigenvalue weighted by atomic mass is 32.1. The number of aryl methyl sites for hydroxylation is 3. The average Bonchev–Trinajstić information content (AvgIpc) is 3.57. The quantitative estimate of drug-likeness (QED) is 0.216. The van der Waals surface area contributed by atoms with Gasteiger partial charge < -0.3 is 14.6 Å². The summed E-state index contributed by atoms with van der Waals surface area (Å²) >= 11 is 1.57. The third-order valence-corrected chi connectivity index (χ3v) is 9.18. The minimum atomic E-state index is -0.178. The lowest BCUT2D eigenvalue weighted by Gasteiger charge is -2.23. The zero-order valence-electron chi connectivity index (χ0n) is 26.1. The van der Waals surface area contributed by atoms with Gasteiger partial charge >= 0.3 is 0 Å². The number of hydrogen-bond acceptors (Lipinski definition) is 7. The van der Waals surface area contributed by atoms with Crippen LogP contribution in [0.4, 0.5) is 17.3 Å². The topological polar surface area (TPSA) is 94.3 Å². The lowest BCUT2D eigenvalue weighted by Crippen LogP contribution is -2.28. The van der Waals surface area contributed by atoms with Gasteiger partial charge in [0.05, 0.1) is 6.61 Å². The highest BCUT2D eigenvalue weighted by Crippen LogP contribution is 2.44. The molecule has 0 bridgehead atoms. The van der Waals surface area contributed by atoms with Crippen molar-refractivity contribution in [1.29, 1.82) is 0 Å². The molecule has 226 valence electrons. The number of nitrogens with zero attached hydrogens (tertiary/aromatic N) is 5. The normalized spacial score (nSPS) is 13.7. The van der Waals surface area contributed by atoms with Crippen molar-refractivity contribution in [3.05, 3.63) is 79.7 Å². The van der Waals surface area contributed by atoms with Gasteiger partial charge in [0.1, 0.15) is 16.4 Å². The van der Waals surface area contributed by atoms with Crippen molar-refractivity contribution in [3.63, 3.8) is 0 Å². The molecule has 1 aliphatic rings. The van der Waals surface area contributed by atoms with Crippen LogP contribution < -0.4 is 15.8 Å². The Balaban J connectivity index is 1.56. The highest BCUT2D eigenvalue weighted by molar-refractivity contribution is 7.14. The van der Waals surface area contributed by atoms with E-state index in [-0.39, 0.29) is 23.5 Å². The van der Waals surface area contributed by atoms with E-state index in [4.69, 9.17) is 4.74 Å². The van der Waals surface area contributed by atoms with Crippen LogP contribution in [0.5, 0.6) is 0 Å². The fourth-order valence-corrected chi connectivity index (χ4v) is 7.23. The Labute approximate surface area is 256 Å². The van der Waals surface area contributed by atoms with Crippen LogP contribution in [0.1, 0.15) is 64.1 Å². The maximum Gasteiger partial charge on any atom is 0.274 e. The highest BCUT2D eigenvalue weighted by Gasteiger charge is 2.35. The Bertz CT molecular complexity index is 1740. The molecule has 1 aliphatic carbocycles. The number of anilines is 3. The van der Waals surface area contributed by atoms with Gasteiger partial charge in [-0.1, -0.05) is 33.4 Å². The Hall–Kier alpha value is -4.02. The largest absolute Gasteiger partial charge is 0.377 e. The van der Waals surface area contributed by atoms with E-state index in [9.17, 15) is 9.59 Å². The monoisotopic (exact) mass is 600 g/mol. The maximum atomic E-state index is 14.1. The summed E-state index contributed by atoms with van der Waals surface area (Å²) in [5.41, 5.74) is 5.94. The molecule has 0 radical (unpaired) electrons. The molecule has 10 heteroatoms. The zero-order valence-corrected chi connectivity index (χ0v) is 26.9. The van der Waals surface area contributed by atoms with Crippen LogP contribution in [-0.4, -0.2) is 38.9 Å². The summed E-state index contributed by atoms with van der Waals surface area (Å²) in [7, 11) is 5.34. The van der Waals surface area contributed by atoms with Gasteiger partial charge in [0.15, 0.2) is 5.82 Å². The van der Waals surface area contributed by atoms with Crippen molar-refractivity contribution in [3.8, 4) is 11.1 Å². The number of thiophene rings is 1. The first kappa shape index (κ1) is 30.4. The number of amides is 1. The predicted octanol–water partition coefficient (Wildman–Crippen LogP) is 6.27. The Morgan fingerprint density at radius 3 is 2.72 bits per heavy atom. The first-order chi connectivity index (χ1) is 20.4. The molecule has 4 aromatic heterocycles. The van der Waals surface area contributed by atoms with Crippen LogP contribution in [-0.2, 0) is 38.3 Å². The summed E-state index contributed by atoms with van der Waals surface area (Å²) in [6, 6.07) is 5.61. The van der Waals surface area contributed by atoms with Crippen LogP contribution >= 0.6 is 11.3 Å². The molecule has 0 spiro atoms. The van der Waals surface area contributed by atoms with Crippen molar-refractivity contribution in [2.75, 3.05) is 23.9 Å². The zero-order chi connectivity index (χ0) is 31.1. The van der Waals surface area contributed by atoms with Crippen molar-refractivity contribution in [2.45, 2.75) is 53.6 Å². The van der Waals surface area contributed by atoms with Crippen LogP contribution in [0.15, 0.2) is 42.0 Å². The van der Waals surface area contributed by atoms with Gasteiger partial charge in [0.2, 0.25) is 0 Å². The molecule has 0 aliphatic heterocycles. The van der Waals surface area contributed by atoms with Gasteiger partial charge in [-0.25, -0.2) is 4.98 Å². The van der Waals surface area contributed by atoms with Crippen molar-refractivity contribution < 1.29 is 9.53 Å². The molecular weight excluding hydrogens is 560 g/mol. The average molecular weight is 601 g/mol. The lowest BCUT2D eigenvalue weighted by atomic mass is 9.90. The molecule has 1 amide bonds. The third kappa shape index (κ3) is 5.94. The van der Waals surface area contributed by atoms with Crippen molar-refractivity contribution in [2.24, 2.45) is 19.5 Å². The smallest absolute Gasteiger partial charge is 0.274 e. The molecule has 43 heavy (non-hydrogen) atoms. The predicted molar refractivity (Wildman–Crippen MR) is 174 cm³/mol. The molecule has 5 rings (SSSR count). The number of carbonyl (C=O) groups is 1. The van der Waals surface area contributed by atoms with Crippen LogP contribution in [0.2, 0.25) is 0 Å². The molecule has 9 nitrogen and oxygen atoms in total. The van der Waals surface area contributed by atoms with Crippen molar-refractivity contribution >= 4 is 40.6 Å². The second-order valence-corrected chi connectivity index (χ2v) is 13.1. The van der Waals surface area contributed by atoms with E-state index in [0.717, 1.165) is 47.2 Å². The van der Waals surface area contributed by atoms with Gasteiger partial charge in [-0.3, -0.25) is 19.2 Å². The SMILES string of the molecule is C=Cc1c(C(=O)N(C)c2nccc(-c3cc(Nc4cc(C)n(C)n4)c(=O)n(C)c3)c2COCCC)sc2c1CC(C)(C)C2. The molecule has 0 saturated heterocycles. The molecule has 4 aromatic rings. The molecule has 0 saturated carbocycles. The van der Waals surface area contributed by atoms with E-state index in [1.54, 1.807) is 52.0 Å². The fourth-order valence-electron chi connectivity index (χ4n) is 5.67. The molecule has 1 N–H and O–H groups in total. The van der Waals surface area contributed by atoms with Crippen LogP contribution in [0.25, 0.3) is 17.2 Å². The van der Waals surface area contributed by atoms with E-state index in [2.05, 4.69) is 42.7 Å². The van der Waals surface area contributed by atoms with E-state index in [1.807, 2.05) is 38.2 Å². The van der Waals surface area contributed by atoms with Crippen LogP contribution in [0, 0.1) is 12.3 Å². The van der Waals surface area contributed by atoms with Gasteiger partial charge in [0.25, 0.3) is 11.5 Å². The number of fused-ring (bicyclic) bond motifs is 1. The first-order valence-electron chi connectivity index (χ1n) is 14.5. The number of hydrogen-bond donors (Lipinski definition) is 1. The molecule has 0 fully saturated rings. The second-order valence-electron chi connectivity index (χ2n) is 12.0. The Morgan fingerprint density at radius 1 is 1.28 bits per heavy atom. The number of rotatable bonds is 10. The molecule has 0 atom stereocenters. The third-order valence-electron chi connectivity index (χ3n) is 7.95. The van der Waals surface area contributed by atoms with Crippen molar-refractivity contribution in [1.82, 2.24) is 19.3 Å². The number of aromatic nitrogens is 4. The second kappa shape index (κ2) is 11.9. The number of carbonyl (C=O) groups excluding carboxylic acids is 1. The first-order valence-corrected chi connectivity index (χ1v) is 15.3. The van der Waals surface area contributed by atoms with E-state index in [1.165, 1.54) is 10.4 Å². The summed E-state index contributed by atoms with van der Waals surface area (Å²) in [4.78, 5) is 35.4. The van der Waals surface area contributed by atoms with Gasteiger partial charge in [-0.15, -0.1) is 11.3 Å². The summed E-state index contributed by atoms with van der Waals surface area (Å²) in [5.74, 6) is 0.985. The maximum absolute atomic E-state index is 14.1. The van der Waals surface area contributed by atoms with E-state index < -0.39 is 0 Å². The molecule has 0 aromatic carbocycles. The molecular formula is C33H40N6O3S.